The van der Waals surface area contributed by atoms with Gasteiger partial charge in [-0.25, -0.2) is 4.79 Å². The van der Waals surface area contributed by atoms with Gasteiger partial charge in [0.1, 0.15) is 0 Å². The second kappa shape index (κ2) is 7.23. The topological polar surface area (TPSA) is 60.4 Å². The van der Waals surface area contributed by atoms with Crippen LogP contribution in [0.15, 0.2) is 60.7 Å². The molecule has 138 valence electrons. The molecule has 0 spiro atoms. The van der Waals surface area contributed by atoms with E-state index in [9.17, 15) is 14.4 Å². The van der Waals surface area contributed by atoms with Crippen molar-refractivity contribution in [2.45, 2.75) is 0 Å². The third-order valence-corrected chi connectivity index (χ3v) is 5.28. The Hall–Kier alpha value is -2.95. The molecule has 0 radical (unpaired) electrons. The van der Waals surface area contributed by atoms with Crippen LogP contribution in [-0.2, 0) is 4.74 Å². The molecule has 3 aromatic rings. The Balaban J connectivity index is 1.52. The zero-order valence-electron chi connectivity index (χ0n) is 14.4. The van der Waals surface area contributed by atoms with E-state index in [0.29, 0.717) is 27.3 Å². The van der Waals surface area contributed by atoms with Crippen molar-refractivity contribution < 1.29 is 19.1 Å². The van der Waals surface area contributed by atoms with Gasteiger partial charge < -0.3 is 4.74 Å². The van der Waals surface area contributed by atoms with Crippen molar-refractivity contribution in [3.63, 3.8) is 0 Å². The summed E-state index contributed by atoms with van der Waals surface area (Å²) in [6, 6.07) is 16.4. The number of esters is 1. The first-order valence-electron chi connectivity index (χ1n) is 8.39. The highest BCUT2D eigenvalue weighted by molar-refractivity contribution is 6.42. The predicted octanol–water partition coefficient (Wildman–Crippen LogP) is 5.24. The van der Waals surface area contributed by atoms with Crippen molar-refractivity contribution in [3.05, 3.63) is 93.0 Å². The molecule has 6 heteroatoms. The van der Waals surface area contributed by atoms with Gasteiger partial charge in [0.25, 0.3) is 0 Å². The molecule has 1 aliphatic rings. The van der Waals surface area contributed by atoms with Crippen LogP contribution in [-0.4, -0.2) is 24.1 Å². The van der Waals surface area contributed by atoms with E-state index in [4.69, 9.17) is 27.9 Å². The monoisotopic (exact) mass is 410 g/mol. The normalized spacial score (nSPS) is 11.7. The van der Waals surface area contributed by atoms with Crippen LogP contribution < -0.4 is 0 Å². The van der Waals surface area contributed by atoms with E-state index in [0.717, 1.165) is 5.56 Å². The van der Waals surface area contributed by atoms with Crippen LogP contribution >= 0.6 is 23.2 Å². The maximum Gasteiger partial charge on any atom is 0.338 e. The first kappa shape index (κ1) is 18.4. The Morgan fingerprint density at radius 1 is 0.750 bits per heavy atom. The molecule has 0 fully saturated rings. The Kier molecular flexibility index (Phi) is 4.75. The second-order valence-corrected chi connectivity index (χ2v) is 7.08. The van der Waals surface area contributed by atoms with Gasteiger partial charge in [-0.2, -0.15) is 0 Å². The number of halogens is 2. The van der Waals surface area contributed by atoms with Gasteiger partial charge in [-0.05, 0) is 47.5 Å². The zero-order chi connectivity index (χ0) is 19.8. The molecule has 3 aromatic carbocycles. The molecule has 1 aliphatic carbocycles. The zero-order valence-corrected chi connectivity index (χ0v) is 15.9. The number of ketones is 2. The van der Waals surface area contributed by atoms with Gasteiger partial charge in [0, 0.05) is 16.7 Å². The molecule has 4 rings (SSSR count). The SMILES string of the molecule is O=C(COC(=O)c1ccc2c(c1)-c1ccccc1C2=O)c1ccc(Cl)c(Cl)c1. The molecule has 0 unspecified atom stereocenters. The van der Waals surface area contributed by atoms with E-state index in [2.05, 4.69) is 0 Å². The highest BCUT2D eigenvalue weighted by Crippen LogP contribution is 2.36. The van der Waals surface area contributed by atoms with E-state index in [-0.39, 0.29) is 16.4 Å². The van der Waals surface area contributed by atoms with E-state index in [1.165, 1.54) is 24.3 Å². The smallest absolute Gasteiger partial charge is 0.338 e. The Morgan fingerprint density at radius 2 is 1.43 bits per heavy atom. The van der Waals surface area contributed by atoms with E-state index >= 15 is 0 Å². The summed E-state index contributed by atoms with van der Waals surface area (Å²) < 4.78 is 5.14. The summed E-state index contributed by atoms with van der Waals surface area (Å²) in [6.07, 6.45) is 0. The van der Waals surface area contributed by atoms with Crippen molar-refractivity contribution in [2.24, 2.45) is 0 Å². The van der Waals surface area contributed by atoms with Gasteiger partial charge in [-0.1, -0.05) is 47.5 Å². The third kappa shape index (κ3) is 3.21. The molecule has 0 aliphatic heterocycles. The number of ether oxygens (including phenoxy) is 1. The summed E-state index contributed by atoms with van der Waals surface area (Å²) in [7, 11) is 0. The molecule has 0 amide bonds. The fourth-order valence-corrected chi connectivity index (χ4v) is 3.42. The average molecular weight is 411 g/mol. The summed E-state index contributed by atoms with van der Waals surface area (Å²) in [5.74, 6) is -1.11. The number of hydrogen-bond donors (Lipinski definition) is 0. The minimum Gasteiger partial charge on any atom is -0.454 e. The lowest BCUT2D eigenvalue weighted by Crippen LogP contribution is -2.14. The first-order valence-corrected chi connectivity index (χ1v) is 9.15. The third-order valence-electron chi connectivity index (χ3n) is 4.54. The van der Waals surface area contributed by atoms with Crippen LogP contribution in [0, 0.1) is 0 Å². The highest BCUT2D eigenvalue weighted by atomic mass is 35.5. The predicted molar refractivity (Wildman–Crippen MR) is 106 cm³/mol. The van der Waals surface area contributed by atoms with Gasteiger partial charge in [-0.15, -0.1) is 0 Å². The number of fused-ring (bicyclic) bond motifs is 3. The molecular formula is C22H12Cl2O4. The van der Waals surface area contributed by atoms with E-state index in [1.807, 2.05) is 12.1 Å². The van der Waals surface area contributed by atoms with Gasteiger partial charge in [0.2, 0.25) is 0 Å². The lowest BCUT2D eigenvalue weighted by Gasteiger charge is -2.07. The maximum atomic E-state index is 12.4. The van der Waals surface area contributed by atoms with Crippen LogP contribution in [0.25, 0.3) is 11.1 Å². The average Bonchev–Trinajstić information content (AvgIpc) is 3.00. The second-order valence-electron chi connectivity index (χ2n) is 6.26. The number of Topliss-reactive ketones (excluding diaryl/α,β-unsaturated/α-hetero) is 1. The van der Waals surface area contributed by atoms with Gasteiger partial charge in [0.05, 0.1) is 15.6 Å². The Morgan fingerprint density at radius 3 is 2.18 bits per heavy atom. The van der Waals surface area contributed by atoms with Crippen molar-refractivity contribution in [1.82, 2.24) is 0 Å². The number of carbonyl (C=O) groups is 3. The van der Waals surface area contributed by atoms with Crippen LogP contribution in [0.2, 0.25) is 10.0 Å². The Bertz CT molecular complexity index is 1150. The summed E-state index contributed by atoms with van der Waals surface area (Å²) in [5.41, 5.74) is 3.19. The minimum atomic E-state index is -0.645. The number of benzene rings is 3. The van der Waals surface area contributed by atoms with Crippen LogP contribution in [0.3, 0.4) is 0 Å². The molecule has 0 aromatic heterocycles. The minimum absolute atomic E-state index is 0.0692. The Labute approximate surface area is 170 Å². The standard InChI is InChI=1S/C22H12Cl2O4/c23-18-8-6-12(10-19(18)24)20(25)11-28-22(27)13-5-7-16-17(9-13)14-3-1-2-4-15(14)21(16)26/h1-10H,11H2. The molecule has 0 saturated carbocycles. The highest BCUT2D eigenvalue weighted by Gasteiger charge is 2.27. The number of carbonyl (C=O) groups excluding carboxylic acids is 3. The van der Waals surface area contributed by atoms with E-state index < -0.39 is 18.4 Å². The largest absolute Gasteiger partial charge is 0.454 e. The number of rotatable bonds is 4. The van der Waals surface area contributed by atoms with Crippen molar-refractivity contribution in [2.75, 3.05) is 6.61 Å². The maximum absolute atomic E-state index is 12.4. The summed E-state index contributed by atoms with van der Waals surface area (Å²) in [4.78, 5) is 37.0. The molecule has 0 bridgehead atoms. The molecule has 0 atom stereocenters. The fraction of sp³-hybridized carbons (Fsp3) is 0.0455. The molecule has 4 nitrogen and oxygen atoms in total. The van der Waals surface area contributed by atoms with E-state index in [1.54, 1.807) is 24.3 Å². The van der Waals surface area contributed by atoms with Crippen LogP contribution in [0.4, 0.5) is 0 Å². The number of hydrogen-bond acceptors (Lipinski definition) is 4. The first-order chi connectivity index (χ1) is 13.5. The summed E-state index contributed by atoms with van der Waals surface area (Å²) in [6.45, 7) is -0.427. The fourth-order valence-electron chi connectivity index (χ4n) is 3.12. The molecule has 0 heterocycles. The van der Waals surface area contributed by atoms with Crippen LogP contribution in [0.1, 0.15) is 36.6 Å². The van der Waals surface area contributed by atoms with Crippen LogP contribution in [0.5, 0.6) is 0 Å². The van der Waals surface area contributed by atoms with Gasteiger partial charge in [-0.3, -0.25) is 9.59 Å². The summed E-state index contributed by atoms with van der Waals surface area (Å²) >= 11 is 11.7. The lowest BCUT2D eigenvalue weighted by atomic mass is 10.0. The molecule has 0 saturated heterocycles. The van der Waals surface area contributed by atoms with Crippen molar-refractivity contribution in [3.8, 4) is 11.1 Å². The van der Waals surface area contributed by atoms with Gasteiger partial charge >= 0.3 is 5.97 Å². The molecule has 0 N–H and O–H groups in total. The summed E-state index contributed by atoms with van der Waals surface area (Å²) in [5, 5.41) is 0.587. The van der Waals surface area contributed by atoms with Crippen molar-refractivity contribution >= 4 is 40.7 Å². The quantitative estimate of drug-likeness (QED) is 0.340. The molecular weight excluding hydrogens is 399 g/mol. The lowest BCUT2D eigenvalue weighted by molar-refractivity contribution is 0.0474. The van der Waals surface area contributed by atoms with Crippen molar-refractivity contribution in [1.29, 1.82) is 0 Å². The van der Waals surface area contributed by atoms with Gasteiger partial charge in [0.15, 0.2) is 18.2 Å². The molecule has 28 heavy (non-hydrogen) atoms.